The molecule has 0 aliphatic carbocycles. The van der Waals surface area contributed by atoms with E-state index in [4.69, 9.17) is 0 Å². The molecular weight excluding hydrogens is 230 g/mol. The average Bonchev–Trinajstić information content (AvgIpc) is 2.45. The summed E-state index contributed by atoms with van der Waals surface area (Å²) in [4.78, 5) is 0. The summed E-state index contributed by atoms with van der Waals surface area (Å²) in [6.07, 6.45) is -12.4. The Morgan fingerprint density at radius 1 is 1.13 bits per heavy atom. The van der Waals surface area contributed by atoms with Crippen molar-refractivity contribution in [3.8, 4) is 0 Å². The van der Waals surface area contributed by atoms with Gasteiger partial charge in [-0.3, -0.25) is 0 Å². The molecule has 1 atom stereocenters. The van der Waals surface area contributed by atoms with E-state index in [0.29, 0.717) is 0 Å². The first-order valence-electron chi connectivity index (χ1n) is 4.09. The molecule has 0 aromatic rings. The van der Waals surface area contributed by atoms with Crippen molar-refractivity contribution in [2.24, 2.45) is 0 Å². The summed E-state index contributed by atoms with van der Waals surface area (Å²) < 4.78 is 81.3. The molecule has 8 heteroatoms. The van der Waals surface area contributed by atoms with E-state index in [0.717, 1.165) is 0 Å². The molecule has 0 aromatic heterocycles. The number of hydrogen-bond donors (Lipinski definition) is 0. The van der Waals surface area contributed by atoms with Gasteiger partial charge < -0.3 is 9.47 Å². The Kier molecular flexibility index (Phi) is 2.94. The SMILES string of the molecule is CCC1COC(C(F)(F)F)(C(F)(F)F)O1. The minimum absolute atomic E-state index is 0.0217. The fourth-order valence-corrected chi connectivity index (χ4v) is 1.17. The largest absolute Gasteiger partial charge is 0.453 e. The monoisotopic (exact) mass is 238 g/mol. The van der Waals surface area contributed by atoms with Crippen LogP contribution in [0.25, 0.3) is 0 Å². The third-order valence-electron chi connectivity index (χ3n) is 2.01. The van der Waals surface area contributed by atoms with E-state index < -0.39 is 30.9 Å². The molecule has 0 aromatic carbocycles. The molecule has 0 amide bonds. The standard InChI is InChI=1S/C7H8F6O2/c1-2-4-3-14-5(15-4,6(8,9)10)7(11,12)13/h4H,2-3H2,1H3. The van der Waals surface area contributed by atoms with E-state index in [1.807, 2.05) is 0 Å². The molecule has 1 heterocycles. The first kappa shape index (κ1) is 12.6. The molecule has 0 saturated carbocycles. The van der Waals surface area contributed by atoms with E-state index >= 15 is 0 Å². The number of ether oxygens (including phenoxy) is 2. The highest BCUT2D eigenvalue weighted by molar-refractivity contribution is 4.92. The second kappa shape index (κ2) is 3.51. The lowest BCUT2D eigenvalue weighted by molar-refractivity contribution is -0.443. The Morgan fingerprint density at radius 3 is 1.80 bits per heavy atom. The van der Waals surface area contributed by atoms with Gasteiger partial charge in [0.15, 0.2) is 0 Å². The quantitative estimate of drug-likeness (QED) is 0.654. The third kappa shape index (κ3) is 1.92. The van der Waals surface area contributed by atoms with E-state index in [9.17, 15) is 26.3 Å². The zero-order valence-corrected chi connectivity index (χ0v) is 7.58. The van der Waals surface area contributed by atoms with Crippen LogP contribution in [0.5, 0.6) is 0 Å². The normalized spacial score (nSPS) is 27.0. The lowest BCUT2D eigenvalue weighted by Crippen LogP contribution is -2.58. The van der Waals surface area contributed by atoms with Crippen molar-refractivity contribution in [1.82, 2.24) is 0 Å². The Balaban J connectivity index is 3.01. The maximum absolute atomic E-state index is 12.3. The summed E-state index contributed by atoms with van der Waals surface area (Å²) in [6, 6.07) is 0. The van der Waals surface area contributed by atoms with Crippen LogP contribution in [0.15, 0.2) is 0 Å². The first-order valence-corrected chi connectivity index (χ1v) is 4.09. The predicted molar refractivity (Wildman–Crippen MR) is 36.0 cm³/mol. The van der Waals surface area contributed by atoms with Crippen LogP contribution in [0.1, 0.15) is 13.3 Å². The van der Waals surface area contributed by atoms with Gasteiger partial charge in [0.1, 0.15) is 0 Å². The molecule has 15 heavy (non-hydrogen) atoms. The van der Waals surface area contributed by atoms with Gasteiger partial charge in [0.25, 0.3) is 0 Å². The molecule has 1 aliphatic rings. The van der Waals surface area contributed by atoms with Crippen LogP contribution in [0.2, 0.25) is 0 Å². The minimum Gasteiger partial charge on any atom is -0.333 e. The van der Waals surface area contributed by atoms with Gasteiger partial charge in [-0.15, -0.1) is 0 Å². The highest BCUT2D eigenvalue weighted by Gasteiger charge is 2.77. The molecule has 0 spiro atoms. The van der Waals surface area contributed by atoms with Crippen LogP contribution in [0.4, 0.5) is 26.3 Å². The Labute approximate surface area is 81.1 Å². The second-order valence-corrected chi connectivity index (χ2v) is 3.07. The highest BCUT2D eigenvalue weighted by Crippen LogP contribution is 2.50. The maximum atomic E-state index is 12.3. The summed E-state index contributed by atoms with van der Waals surface area (Å²) >= 11 is 0. The van der Waals surface area contributed by atoms with Crippen molar-refractivity contribution in [3.63, 3.8) is 0 Å². The van der Waals surface area contributed by atoms with Crippen LogP contribution < -0.4 is 0 Å². The Bertz CT molecular complexity index is 219. The van der Waals surface area contributed by atoms with Crippen molar-refractivity contribution >= 4 is 0 Å². The molecule has 1 saturated heterocycles. The van der Waals surface area contributed by atoms with E-state index in [1.54, 1.807) is 0 Å². The molecule has 0 radical (unpaired) electrons. The minimum atomic E-state index is -5.63. The van der Waals surface area contributed by atoms with Crippen LogP contribution in [0.3, 0.4) is 0 Å². The zero-order valence-electron chi connectivity index (χ0n) is 7.58. The van der Waals surface area contributed by atoms with E-state index in [1.165, 1.54) is 6.92 Å². The van der Waals surface area contributed by atoms with Gasteiger partial charge in [-0.25, -0.2) is 0 Å². The third-order valence-corrected chi connectivity index (χ3v) is 2.01. The van der Waals surface area contributed by atoms with Crippen molar-refractivity contribution < 1.29 is 35.8 Å². The number of rotatable bonds is 1. The topological polar surface area (TPSA) is 18.5 Å². The molecule has 1 aliphatic heterocycles. The Morgan fingerprint density at radius 2 is 1.60 bits per heavy atom. The smallest absolute Gasteiger partial charge is 0.333 e. The second-order valence-electron chi connectivity index (χ2n) is 3.07. The van der Waals surface area contributed by atoms with E-state index in [2.05, 4.69) is 9.47 Å². The van der Waals surface area contributed by atoms with Gasteiger partial charge >= 0.3 is 18.1 Å². The van der Waals surface area contributed by atoms with Crippen LogP contribution in [-0.4, -0.2) is 30.9 Å². The van der Waals surface area contributed by atoms with Crippen LogP contribution >= 0.6 is 0 Å². The highest BCUT2D eigenvalue weighted by atomic mass is 19.4. The predicted octanol–water partition coefficient (Wildman–Crippen LogP) is 2.63. The molecule has 90 valence electrons. The van der Waals surface area contributed by atoms with Crippen molar-refractivity contribution in [3.05, 3.63) is 0 Å². The van der Waals surface area contributed by atoms with Gasteiger partial charge in [0, 0.05) is 0 Å². The van der Waals surface area contributed by atoms with Crippen LogP contribution in [0, 0.1) is 0 Å². The van der Waals surface area contributed by atoms with Gasteiger partial charge in [-0.1, -0.05) is 6.92 Å². The summed E-state index contributed by atoms with van der Waals surface area (Å²) in [5.74, 6) is -4.46. The molecule has 1 unspecified atom stereocenters. The fraction of sp³-hybridized carbons (Fsp3) is 1.00. The van der Waals surface area contributed by atoms with Gasteiger partial charge in [0.2, 0.25) is 0 Å². The summed E-state index contributed by atoms with van der Waals surface area (Å²) in [5, 5.41) is 0. The molecule has 1 rings (SSSR count). The first-order chi connectivity index (χ1) is 6.64. The summed E-state index contributed by atoms with van der Waals surface area (Å²) in [7, 11) is 0. The lowest BCUT2D eigenvalue weighted by atomic mass is 10.2. The van der Waals surface area contributed by atoms with E-state index in [-0.39, 0.29) is 6.42 Å². The van der Waals surface area contributed by atoms with Gasteiger partial charge in [-0.2, -0.15) is 26.3 Å². The van der Waals surface area contributed by atoms with Crippen LogP contribution in [-0.2, 0) is 9.47 Å². The lowest BCUT2D eigenvalue weighted by Gasteiger charge is -2.31. The van der Waals surface area contributed by atoms with Crippen molar-refractivity contribution in [2.45, 2.75) is 37.6 Å². The average molecular weight is 238 g/mol. The zero-order chi connectivity index (χ0) is 11.9. The fourth-order valence-electron chi connectivity index (χ4n) is 1.17. The summed E-state index contributed by atoms with van der Waals surface area (Å²) in [5.41, 5.74) is 0. The number of alkyl halides is 6. The van der Waals surface area contributed by atoms with Gasteiger partial charge in [-0.05, 0) is 6.42 Å². The van der Waals surface area contributed by atoms with Gasteiger partial charge in [0.05, 0.1) is 12.7 Å². The molecule has 0 N–H and O–H groups in total. The molecule has 2 nitrogen and oxygen atoms in total. The summed E-state index contributed by atoms with van der Waals surface area (Å²) in [6.45, 7) is 0.701. The molecular formula is C7H8F6O2. The Hall–Kier alpha value is -0.500. The van der Waals surface area contributed by atoms with Crippen molar-refractivity contribution in [1.29, 1.82) is 0 Å². The number of hydrogen-bond acceptors (Lipinski definition) is 2. The number of halogens is 6. The molecule has 1 fully saturated rings. The van der Waals surface area contributed by atoms with Crippen molar-refractivity contribution in [2.75, 3.05) is 6.61 Å². The molecule has 0 bridgehead atoms. The maximum Gasteiger partial charge on any atom is 0.453 e.